The number of hydrogen-bond donors (Lipinski definition) is 3. The van der Waals surface area contributed by atoms with Crippen molar-refractivity contribution in [2.45, 2.75) is 19.4 Å². The van der Waals surface area contributed by atoms with Crippen LogP contribution < -0.4 is 11.1 Å². The van der Waals surface area contributed by atoms with Gasteiger partial charge >= 0.3 is 5.97 Å². The van der Waals surface area contributed by atoms with E-state index in [2.05, 4.69) is 5.32 Å². The van der Waals surface area contributed by atoms with Gasteiger partial charge in [0.2, 0.25) is 5.91 Å². The lowest BCUT2D eigenvalue weighted by atomic mass is 10.2. The van der Waals surface area contributed by atoms with Crippen molar-refractivity contribution >= 4 is 17.6 Å². The fourth-order valence-electron chi connectivity index (χ4n) is 1.20. The van der Waals surface area contributed by atoms with Gasteiger partial charge in [0, 0.05) is 5.69 Å². The summed E-state index contributed by atoms with van der Waals surface area (Å²) < 4.78 is 0. The van der Waals surface area contributed by atoms with Crippen molar-refractivity contribution in [3.63, 3.8) is 0 Å². The molecule has 0 saturated heterocycles. The molecule has 0 aromatic heterocycles. The van der Waals surface area contributed by atoms with Crippen molar-refractivity contribution in [1.82, 2.24) is 0 Å². The lowest BCUT2D eigenvalue weighted by Gasteiger charge is -2.09. The van der Waals surface area contributed by atoms with E-state index in [4.69, 9.17) is 10.8 Å². The zero-order chi connectivity index (χ0) is 12.1. The molecule has 1 amide bonds. The van der Waals surface area contributed by atoms with Crippen LogP contribution in [0.3, 0.4) is 0 Å². The predicted octanol–water partition coefficient (Wildman–Crippen LogP) is 0.736. The maximum atomic E-state index is 11.4. The molecule has 1 atom stereocenters. The number of rotatable bonds is 4. The standard InChI is InChI=1S/C11H14N2O3/c1-7-4-2-3-5-9(7)13-10(14)6-8(12)11(15)16/h2-5,8H,6,12H2,1H3,(H,13,14)(H,15,16). The Morgan fingerprint density at radius 3 is 2.62 bits per heavy atom. The van der Waals surface area contributed by atoms with Crippen LogP contribution in [-0.2, 0) is 9.59 Å². The van der Waals surface area contributed by atoms with Crippen molar-refractivity contribution < 1.29 is 14.7 Å². The number of nitrogens with two attached hydrogens (primary N) is 1. The normalized spacial score (nSPS) is 11.9. The monoisotopic (exact) mass is 222 g/mol. The van der Waals surface area contributed by atoms with Crippen molar-refractivity contribution in [3.8, 4) is 0 Å². The van der Waals surface area contributed by atoms with E-state index in [0.717, 1.165) is 5.56 Å². The number of anilines is 1. The number of hydrogen-bond acceptors (Lipinski definition) is 3. The first-order valence-electron chi connectivity index (χ1n) is 4.84. The minimum atomic E-state index is -1.18. The molecule has 0 spiro atoms. The minimum Gasteiger partial charge on any atom is -0.480 e. The van der Waals surface area contributed by atoms with Gasteiger partial charge in [0.1, 0.15) is 6.04 Å². The Balaban J connectivity index is 2.59. The summed E-state index contributed by atoms with van der Waals surface area (Å²) in [4.78, 5) is 21.9. The average molecular weight is 222 g/mol. The van der Waals surface area contributed by atoms with Crippen LogP contribution in [0.4, 0.5) is 5.69 Å². The highest BCUT2D eigenvalue weighted by atomic mass is 16.4. The van der Waals surface area contributed by atoms with E-state index in [1.807, 2.05) is 19.1 Å². The highest BCUT2D eigenvalue weighted by Crippen LogP contribution is 2.13. The van der Waals surface area contributed by atoms with Gasteiger partial charge in [-0.1, -0.05) is 18.2 Å². The van der Waals surface area contributed by atoms with Crippen LogP contribution in [0.1, 0.15) is 12.0 Å². The van der Waals surface area contributed by atoms with E-state index in [0.29, 0.717) is 5.69 Å². The van der Waals surface area contributed by atoms with Gasteiger partial charge in [0.25, 0.3) is 0 Å². The van der Waals surface area contributed by atoms with Gasteiger partial charge in [0.05, 0.1) is 6.42 Å². The smallest absolute Gasteiger partial charge is 0.321 e. The summed E-state index contributed by atoms with van der Waals surface area (Å²) in [5.74, 6) is -1.58. The van der Waals surface area contributed by atoms with Gasteiger partial charge in [-0.2, -0.15) is 0 Å². The van der Waals surface area contributed by atoms with Crippen LogP contribution >= 0.6 is 0 Å². The molecule has 0 aliphatic rings. The Morgan fingerprint density at radius 1 is 1.44 bits per heavy atom. The Kier molecular flexibility index (Phi) is 4.02. The van der Waals surface area contributed by atoms with Crippen LogP contribution in [0, 0.1) is 6.92 Å². The highest BCUT2D eigenvalue weighted by Gasteiger charge is 2.16. The maximum absolute atomic E-state index is 11.4. The first kappa shape index (κ1) is 12.2. The van der Waals surface area contributed by atoms with Crippen molar-refractivity contribution in [2.75, 3.05) is 5.32 Å². The number of amides is 1. The second-order valence-corrected chi connectivity index (χ2v) is 3.51. The van der Waals surface area contributed by atoms with Crippen LogP contribution in [0.15, 0.2) is 24.3 Å². The highest BCUT2D eigenvalue weighted by molar-refractivity contribution is 5.94. The molecule has 0 heterocycles. The first-order valence-corrected chi connectivity index (χ1v) is 4.84. The number of para-hydroxylation sites is 1. The largest absolute Gasteiger partial charge is 0.480 e. The summed E-state index contributed by atoms with van der Waals surface area (Å²) in [5, 5.41) is 11.2. The van der Waals surface area contributed by atoms with Crippen LogP contribution in [0.5, 0.6) is 0 Å². The Labute approximate surface area is 93.3 Å². The van der Waals surface area contributed by atoms with E-state index >= 15 is 0 Å². The van der Waals surface area contributed by atoms with Gasteiger partial charge in [-0.05, 0) is 18.6 Å². The molecule has 5 nitrogen and oxygen atoms in total. The van der Waals surface area contributed by atoms with Gasteiger partial charge in [0.15, 0.2) is 0 Å². The topological polar surface area (TPSA) is 92.4 Å². The van der Waals surface area contributed by atoms with Crippen molar-refractivity contribution in [2.24, 2.45) is 5.73 Å². The van der Waals surface area contributed by atoms with Gasteiger partial charge < -0.3 is 16.2 Å². The number of carbonyl (C=O) groups is 2. The maximum Gasteiger partial charge on any atom is 0.321 e. The summed E-state index contributed by atoms with van der Waals surface area (Å²) >= 11 is 0. The van der Waals surface area contributed by atoms with Crippen molar-refractivity contribution in [1.29, 1.82) is 0 Å². The Hall–Kier alpha value is -1.88. The first-order chi connectivity index (χ1) is 7.50. The zero-order valence-electron chi connectivity index (χ0n) is 8.93. The van der Waals surface area contributed by atoms with E-state index in [1.165, 1.54) is 0 Å². The van der Waals surface area contributed by atoms with Crippen LogP contribution in [-0.4, -0.2) is 23.0 Å². The molecule has 0 bridgehead atoms. The number of carboxylic acid groups (broad SMARTS) is 1. The van der Waals surface area contributed by atoms with Crippen LogP contribution in [0.2, 0.25) is 0 Å². The summed E-state index contributed by atoms with van der Waals surface area (Å²) in [5.41, 5.74) is 6.84. The molecular formula is C11H14N2O3. The molecular weight excluding hydrogens is 208 g/mol. The summed E-state index contributed by atoms with van der Waals surface area (Å²) in [6, 6.07) is 6.09. The molecule has 0 fully saturated rings. The number of aryl methyl sites for hydroxylation is 1. The van der Waals surface area contributed by atoms with Crippen molar-refractivity contribution in [3.05, 3.63) is 29.8 Å². The van der Waals surface area contributed by atoms with Gasteiger partial charge in [-0.25, -0.2) is 0 Å². The Morgan fingerprint density at radius 2 is 2.06 bits per heavy atom. The molecule has 1 rings (SSSR count). The molecule has 0 aliphatic carbocycles. The average Bonchev–Trinajstić information content (AvgIpc) is 2.21. The molecule has 1 aromatic rings. The number of carboxylic acids is 1. The molecule has 86 valence electrons. The Bertz CT molecular complexity index is 404. The predicted molar refractivity (Wildman–Crippen MR) is 60.0 cm³/mol. The third-order valence-corrected chi connectivity index (χ3v) is 2.14. The third kappa shape index (κ3) is 3.36. The molecule has 4 N–H and O–H groups in total. The lowest BCUT2D eigenvalue weighted by molar-refractivity contribution is -0.140. The summed E-state index contributed by atoms with van der Waals surface area (Å²) in [6.45, 7) is 1.85. The number of benzene rings is 1. The second-order valence-electron chi connectivity index (χ2n) is 3.51. The zero-order valence-corrected chi connectivity index (χ0v) is 8.93. The third-order valence-electron chi connectivity index (χ3n) is 2.14. The molecule has 1 aromatic carbocycles. The molecule has 0 aliphatic heterocycles. The molecule has 16 heavy (non-hydrogen) atoms. The van der Waals surface area contributed by atoms with Gasteiger partial charge in [-0.3, -0.25) is 9.59 Å². The fraction of sp³-hybridized carbons (Fsp3) is 0.273. The fourth-order valence-corrected chi connectivity index (χ4v) is 1.20. The van der Waals surface area contributed by atoms with E-state index < -0.39 is 17.9 Å². The number of nitrogens with one attached hydrogen (secondary N) is 1. The molecule has 1 unspecified atom stereocenters. The lowest BCUT2D eigenvalue weighted by Crippen LogP contribution is -2.34. The number of aliphatic carboxylic acids is 1. The molecule has 0 saturated carbocycles. The summed E-state index contributed by atoms with van der Waals surface area (Å²) in [7, 11) is 0. The van der Waals surface area contributed by atoms with Crippen LogP contribution in [0.25, 0.3) is 0 Å². The molecule has 5 heteroatoms. The summed E-state index contributed by atoms with van der Waals surface area (Å²) in [6.07, 6.45) is -0.232. The van der Waals surface area contributed by atoms with E-state index in [-0.39, 0.29) is 6.42 Å². The minimum absolute atomic E-state index is 0.232. The SMILES string of the molecule is Cc1ccccc1NC(=O)CC(N)C(=O)O. The van der Waals surface area contributed by atoms with E-state index in [1.54, 1.807) is 12.1 Å². The quantitative estimate of drug-likeness (QED) is 0.700. The second kappa shape index (κ2) is 5.27. The van der Waals surface area contributed by atoms with Gasteiger partial charge in [-0.15, -0.1) is 0 Å². The van der Waals surface area contributed by atoms with E-state index in [9.17, 15) is 9.59 Å². The number of carbonyl (C=O) groups excluding carboxylic acids is 1. The molecule has 0 radical (unpaired) electrons.